The third-order valence-electron chi connectivity index (χ3n) is 5.41. The number of halogens is 1. The second-order valence-electron chi connectivity index (χ2n) is 7.09. The smallest absolute Gasteiger partial charge is 0.322 e. The number of urea groups is 1. The first-order valence-corrected chi connectivity index (χ1v) is 9.84. The Hall–Kier alpha value is -3.68. The molecule has 3 aromatic rings. The van der Waals surface area contributed by atoms with Crippen molar-refractivity contribution in [3.63, 3.8) is 0 Å². The van der Waals surface area contributed by atoms with Crippen LogP contribution >= 0.6 is 0 Å². The van der Waals surface area contributed by atoms with Crippen molar-refractivity contribution >= 4 is 11.7 Å². The predicted octanol–water partition coefficient (Wildman–Crippen LogP) is 4.29. The largest absolute Gasteiger partial charge is 0.493 e. The molecule has 4 rings (SSSR count). The van der Waals surface area contributed by atoms with Gasteiger partial charge in [0, 0.05) is 42.7 Å². The number of carbonyl (C=O) groups is 1. The maximum atomic E-state index is 14.7. The Morgan fingerprint density at radius 2 is 1.71 bits per heavy atom. The van der Waals surface area contributed by atoms with E-state index in [0.29, 0.717) is 41.6 Å². The van der Waals surface area contributed by atoms with E-state index >= 15 is 0 Å². The standard InChI is InChI=1S/C23H24FN3O4/c1-29-19-13-15(14-20(30-2)22(19)31-3)25-23(28)27-12-11-26-10-6-9-18(26)21(27)16-7-4-5-8-17(16)24/h4-10,13-14,21H,11-12H2,1-3H3,(H,25,28)/t21-/m0/s1. The van der Waals surface area contributed by atoms with Gasteiger partial charge < -0.3 is 29.0 Å². The molecule has 0 saturated carbocycles. The van der Waals surface area contributed by atoms with Crippen molar-refractivity contribution in [1.29, 1.82) is 0 Å². The zero-order chi connectivity index (χ0) is 22.0. The molecule has 1 atom stereocenters. The molecule has 1 aliphatic heterocycles. The van der Waals surface area contributed by atoms with Gasteiger partial charge in [-0.2, -0.15) is 0 Å². The van der Waals surface area contributed by atoms with Crippen LogP contribution in [0.2, 0.25) is 0 Å². The summed E-state index contributed by atoms with van der Waals surface area (Å²) in [5, 5.41) is 2.89. The molecule has 0 bridgehead atoms. The molecule has 1 N–H and O–H groups in total. The van der Waals surface area contributed by atoms with Crippen LogP contribution < -0.4 is 19.5 Å². The Balaban J connectivity index is 1.69. The van der Waals surface area contributed by atoms with Crippen molar-refractivity contribution in [1.82, 2.24) is 9.47 Å². The summed E-state index contributed by atoms with van der Waals surface area (Å²) in [6, 6.07) is 12.8. The second kappa shape index (κ2) is 8.59. The van der Waals surface area contributed by atoms with Crippen LogP contribution in [0.5, 0.6) is 17.2 Å². The number of nitrogens with zero attached hydrogens (tertiary/aromatic N) is 2. The Morgan fingerprint density at radius 3 is 2.35 bits per heavy atom. The fourth-order valence-electron chi connectivity index (χ4n) is 3.97. The summed E-state index contributed by atoms with van der Waals surface area (Å²) in [6.45, 7) is 1.05. The highest BCUT2D eigenvalue weighted by Crippen LogP contribution is 2.40. The lowest BCUT2D eigenvalue weighted by atomic mass is 9.99. The highest BCUT2D eigenvalue weighted by Gasteiger charge is 2.34. The maximum Gasteiger partial charge on any atom is 0.322 e. The predicted molar refractivity (Wildman–Crippen MR) is 114 cm³/mol. The molecule has 8 heteroatoms. The van der Waals surface area contributed by atoms with Gasteiger partial charge in [0.15, 0.2) is 11.5 Å². The van der Waals surface area contributed by atoms with Crippen molar-refractivity contribution in [2.24, 2.45) is 0 Å². The monoisotopic (exact) mass is 425 g/mol. The molecule has 2 aromatic carbocycles. The lowest BCUT2D eigenvalue weighted by Crippen LogP contribution is -2.44. The number of rotatable bonds is 5. The minimum atomic E-state index is -0.549. The normalized spacial score (nSPS) is 15.2. The van der Waals surface area contributed by atoms with Crippen LogP contribution in [0, 0.1) is 5.82 Å². The van der Waals surface area contributed by atoms with Crippen LogP contribution in [0.1, 0.15) is 17.3 Å². The van der Waals surface area contributed by atoms with Gasteiger partial charge in [0.05, 0.1) is 27.0 Å². The molecule has 162 valence electrons. The first kappa shape index (κ1) is 20.6. The number of anilines is 1. The first-order valence-electron chi connectivity index (χ1n) is 9.84. The van der Waals surface area contributed by atoms with Gasteiger partial charge in [0.25, 0.3) is 0 Å². The average Bonchev–Trinajstić information content (AvgIpc) is 3.27. The Kier molecular flexibility index (Phi) is 5.70. The Bertz CT molecular complexity index is 1070. The van der Waals surface area contributed by atoms with Crippen molar-refractivity contribution in [3.8, 4) is 17.2 Å². The molecule has 0 fully saturated rings. The third kappa shape index (κ3) is 3.76. The number of hydrogen-bond acceptors (Lipinski definition) is 4. The summed E-state index contributed by atoms with van der Waals surface area (Å²) < 4.78 is 32.8. The van der Waals surface area contributed by atoms with Gasteiger partial charge in [0.1, 0.15) is 11.9 Å². The number of nitrogens with one attached hydrogen (secondary N) is 1. The second-order valence-corrected chi connectivity index (χ2v) is 7.09. The van der Waals surface area contributed by atoms with Crippen molar-refractivity contribution in [2.45, 2.75) is 12.6 Å². The Labute approximate surface area is 179 Å². The fourth-order valence-corrected chi connectivity index (χ4v) is 3.97. The quantitative estimate of drug-likeness (QED) is 0.662. The van der Waals surface area contributed by atoms with E-state index in [-0.39, 0.29) is 11.8 Å². The van der Waals surface area contributed by atoms with E-state index in [1.807, 2.05) is 22.9 Å². The molecule has 2 amide bonds. The fraction of sp³-hybridized carbons (Fsp3) is 0.261. The third-order valence-corrected chi connectivity index (χ3v) is 5.41. The summed E-state index contributed by atoms with van der Waals surface area (Å²) in [6.07, 6.45) is 1.94. The number of aromatic nitrogens is 1. The highest BCUT2D eigenvalue weighted by molar-refractivity contribution is 5.91. The molecule has 1 aliphatic rings. The van der Waals surface area contributed by atoms with Gasteiger partial charge in [0.2, 0.25) is 5.75 Å². The average molecular weight is 425 g/mol. The minimum Gasteiger partial charge on any atom is -0.493 e. The molecule has 0 spiro atoms. The van der Waals surface area contributed by atoms with E-state index in [4.69, 9.17) is 14.2 Å². The van der Waals surface area contributed by atoms with Crippen LogP contribution in [0.4, 0.5) is 14.9 Å². The molecular weight excluding hydrogens is 401 g/mol. The van der Waals surface area contributed by atoms with Gasteiger partial charge in [-0.1, -0.05) is 18.2 Å². The first-order chi connectivity index (χ1) is 15.1. The molecule has 31 heavy (non-hydrogen) atoms. The molecule has 0 radical (unpaired) electrons. The topological polar surface area (TPSA) is 65.0 Å². The molecule has 1 aromatic heterocycles. The lowest BCUT2D eigenvalue weighted by Gasteiger charge is -2.37. The van der Waals surface area contributed by atoms with Gasteiger partial charge >= 0.3 is 6.03 Å². The summed E-state index contributed by atoms with van der Waals surface area (Å²) in [5.74, 6) is 0.932. The van der Waals surface area contributed by atoms with E-state index in [1.54, 1.807) is 35.2 Å². The number of amides is 2. The molecule has 0 aliphatic carbocycles. The summed E-state index contributed by atoms with van der Waals surface area (Å²) in [5.41, 5.74) is 1.78. The number of fused-ring (bicyclic) bond motifs is 1. The van der Waals surface area contributed by atoms with Crippen LogP contribution in [-0.4, -0.2) is 43.4 Å². The van der Waals surface area contributed by atoms with Gasteiger partial charge in [-0.15, -0.1) is 0 Å². The molecule has 2 heterocycles. The van der Waals surface area contributed by atoms with Gasteiger partial charge in [-0.05, 0) is 18.2 Å². The van der Waals surface area contributed by atoms with Crippen LogP contribution in [0.3, 0.4) is 0 Å². The number of ether oxygens (including phenoxy) is 3. The van der Waals surface area contributed by atoms with E-state index in [2.05, 4.69) is 5.32 Å². The maximum absolute atomic E-state index is 14.7. The molecule has 0 unspecified atom stereocenters. The number of benzene rings is 2. The molecular formula is C23H24FN3O4. The number of carbonyl (C=O) groups excluding carboxylic acids is 1. The number of hydrogen-bond donors (Lipinski definition) is 1. The number of methoxy groups -OCH3 is 3. The zero-order valence-corrected chi connectivity index (χ0v) is 17.6. The van der Waals surface area contributed by atoms with Crippen molar-refractivity contribution in [3.05, 3.63) is 71.8 Å². The zero-order valence-electron chi connectivity index (χ0n) is 17.6. The van der Waals surface area contributed by atoms with E-state index in [1.165, 1.54) is 27.4 Å². The van der Waals surface area contributed by atoms with Crippen LogP contribution in [0.15, 0.2) is 54.7 Å². The van der Waals surface area contributed by atoms with E-state index in [0.717, 1.165) is 5.69 Å². The summed E-state index contributed by atoms with van der Waals surface area (Å²) in [7, 11) is 4.53. The van der Waals surface area contributed by atoms with Crippen molar-refractivity contribution in [2.75, 3.05) is 33.2 Å². The minimum absolute atomic E-state index is 0.352. The van der Waals surface area contributed by atoms with Crippen LogP contribution in [-0.2, 0) is 6.54 Å². The molecule has 7 nitrogen and oxygen atoms in total. The van der Waals surface area contributed by atoms with Gasteiger partial charge in [-0.25, -0.2) is 9.18 Å². The molecule has 0 saturated heterocycles. The highest BCUT2D eigenvalue weighted by atomic mass is 19.1. The van der Waals surface area contributed by atoms with E-state index < -0.39 is 6.04 Å². The van der Waals surface area contributed by atoms with E-state index in [9.17, 15) is 9.18 Å². The summed E-state index contributed by atoms with van der Waals surface area (Å²) in [4.78, 5) is 15.0. The lowest BCUT2D eigenvalue weighted by molar-refractivity contribution is 0.180. The SMILES string of the molecule is COc1cc(NC(=O)N2CCn3cccc3[C@@H]2c2ccccc2F)cc(OC)c1OC. The van der Waals surface area contributed by atoms with Crippen LogP contribution in [0.25, 0.3) is 0 Å². The Morgan fingerprint density at radius 1 is 1.00 bits per heavy atom. The summed E-state index contributed by atoms with van der Waals surface area (Å²) >= 11 is 0. The van der Waals surface area contributed by atoms with Gasteiger partial charge in [-0.3, -0.25) is 0 Å². The van der Waals surface area contributed by atoms with Crippen molar-refractivity contribution < 1.29 is 23.4 Å².